The van der Waals surface area contributed by atoms with E-state index in [1.807, 2.05) is 0 Å². The standard InChI is InChI=1S/C24H40BrNO2/c1-20(2)22(5,6)28-23(7,8)21(3,4)26(20)19(27)18(25)24-12-15-9-16(13-24)11-17(10-15)14-24/h15-18H,9-14H2,1-8H3/t15?,16?,17?,18-,24?/m1/s1. The third-order valence-corrected chi connectivity index (χ3v) is 11.0. The molecule has 4 bridgehead atoms. The average molecular weight is 454 g/mol. The largest absolute Gasteiger partial charge is 0.365 e. The zero-order chi connectivity index (χ0) is 20.9. The van der Waals surface area contributed by atoms with Crippen LogP contribution in [0.5, 0.6) is 0 Å². The molecule has 1 atom stereocenters. The first-order valence-corrected chi connectivity index (χ1v) is 12.2. The normalized spacial score (nSPS) is 43.0. The summed E-state index contributed by atoms with van der Waals surface area (Å²) in [6.45, 7) is 17.3. The van der Waals surface area contributed by atoms with Crippen molar-refractivity contribution in [3.63, 3.8) is 0 Å². The van der Waals surface area contributed by atoms with Gasteiger partial charge in [-0.05, 0) is 117 Å². The van der Waals surface area contributed by atoms with E-state index in [1.165, 1.54) is 38.5 Å². The molecule has 0 spiro atoms. The summed E-state index contributed by atoms with van der Waals surface area (Å²) in [5.41, 5.74) is -1.47. The molecule has 5 rings (SSSR count). The van der Waals surface area contributed by atoms with Gasteiger partial charge < -0.3 is 9.64 Å². The fourth-order valence-corrected chi connectivity index (χ4v) is 8.30. The molecule has 0 unspecified atom stereocenters. The van der Waals surface area contributed by atoms with E-state index in [2.05, 4.69) is 76.2 Å². The summed E-state index contributed by atoms with van der Waals surface area (Å²) in [6, 6.07) is 0. The van der Waals surface area contributed by atoms with Crippen molar-refractivity contribution in [1.82, 2.24) is 4.90 Å². The van der Waals surface area contributed by atoms with Crippen LogP contribution in [0.4, 0.5) is 0 Å². The lowest BCUT2D eigenvalue weighted by molar-refractivity contribution is -0.285. The molecule has 0 aromatic heterocycles. The minimum absolute atomic E-state index is 0.0864. The number of alkyl halides is 1. The molecule has 160 valence electrons. The minimum atomic E-state index is -0.421. The van der Waals surface area contributed by atoms with E-state index in [4.69, 9.17) is 4.74 Å². The highest BCUT2D eigenvalue weighted by Gasteiger charge is 2.64. The van der Waals surface area contributed by atoms with Crippen LogP contribution in [0, 0.1) is 23.2 Å². The molecule has 5 fully saturated rings. The Hall–Kier alpha value is -0.0900. The fraction of sp³-hybridized carbons (Fsp3) is 0.958. The van der Waals surface area contributed by atoms with Crippen LogP contribution in [0.25, 0.3) is 0 Å². The number of hydrogen-bond donors (Lipinski definition) is 0. The molecule has 1 saturated heterocycles. The van der Waals surface area contributed by atoms with Crippen LogP contribution < -0.4 is 0 Å². The summed E-state index contributed by atoms with van der Waals surface area (Å²) in [6.07, 6.45) is 7.92. The summed E-state index contributed by atoms with van der Waals surface area (Å²) in [5.74, 6) is 2.81. The van der Waals surface area contributed by atoms with E-state index >= 15 is 0 Å². The average Bonchev–Trinajstić information content (AvgIpc) is 2.50. The van der Waals surface area contributed by atoms with Gasteiger partial charge in [-0.15, -0.1) is 0 Å². The Morgan fingerprint density at radius 2 is 1.18 bits per heavy atom. The number of carbonyl (C=O) groups excluding carboxylic acids is 1. The Morgan fingerprint density at radius 1 is 0.821 bits per heavy atom. The number of carbonyl (C=O) groups is 1. The molecular weight excluding hydrogens is 414 g/mol. The fourth-order valence-electron chi connectivity index (χ4n) is 7.54. The molecular formula is C24H40BrNO2. The molecule has 0 aromatic carbocycles. The highest BCUT2D eigenvalue weighted by molar-refractivity contribution is 9.10. The van der Waals surface area contributed by atoms with Crippen molar-refractivity contribution in [2.24, 2.45) is 23.2 Å². The first kappa shape index (κ1) is 21.2. The lowest BCUT2D eigenvalue weighted by Gasteiger charge is -2.67. The second-order valence-corrected chi connectivity index (χ2v) is 13.5. The van der Waals surface area contributed by atoms with E-state index in [0.29, 0.717) is 0 Å². The number of hydrogen-bond acceptors (Lipinski definition) is 2. The van der Waals surface area contributed by atoms with E-state index in [-0.39, 0.29) is 16.1 Å². The maximum absolute atomic E-state index is 14.2. The first-order chi connectivity index (χ1) is 12.6. The Bertz CT molecular complexity index is 617. The lowest BCUT2D eigenvalue weighted by Crippen LogP contribution is -2.79. The van der Waals surface area contributed by atoms with Crippen molar-refractivity contribution in [2.45, 2.75) is 121 Å². The number of amides is 1. The van der Waals surface area contributed by atoms with Gasteiger partial charge in [0.2, 0.25) is 5.91 Å². The molecule has 0 aromatic rings. The van der Waals surface area contributed by atoms with Gasteiger partial charge in [-0.3, -0.25) is 4.79 Å². The van der Waals surface area contributed by atoms with Crippen molar-refractivity contribution in [2.75, 3.05) is 0 Å². The second kappa shape index (κ2) is 5.99. The number of rotatable bonds is 2. The van der Waals surface area contributed by atoms with Gasteiger partial charge in [-0.25, -0.2) is 0 Å². The van der Waals surface area contributed by atoms with Gasteiger partial charge in [-0.1, -0.05) is 15.9 Å². The molecule has 4 aliphatic carbocycles. The summed E-state index contributed by atoms with van der Waals surface area (Å²) >= 11 is 4.01. The monoisotopic (exact) mass is 453 g/mol. The molecule has 1 heterocycles. The van der Waals surface area contributed by atoms with Crippen molar-refractivity contribution < 1.29 is 9.53 Å². The smallest absolute Gasteiger partial charge is 0.238 e. The van der Waals surface area contributed by atoms with Crippen LogP contribution in [0.15, 0.2) is 0 Å². The van der Waals surface area contributed by atoms with Gasteiger partial charge in [0.15, 0.2) is 0 Å². The molecule has 1 amide bonds. The molecule has 4 heteroatoms. The van der Waals surface area contributed by atoms with Crippen molar-refractivity contribution in [1.29, 1.82) is 0 Å². The lowest BCUT2D eigenvalue weighted by atomic mass is 9.48. The molecule has 0 radical (unpaired) electrons. The van der Waals surface area contributed by atoms with Crippen LogP contribution in [0.3, 0.4) is 0 Å². The van der Waals surface area contributed by atoms with Gasteiger partial charge >= 0.3 is 0 Å². The van der Waals surface area contributed by atoms with Crippen molar-refractivity contribution in [3.05, 3.63) is 0 Å². The third-order valence-electron chi connectivity index (χ3n) is 9.64. The summed E-state index contributed by atoms with van der Waals surface area (Å²) < 4.78 is 6.59. The molecule has 4 saturated carbocycles. The summed E-state index contributed by atoms with van der Waals surface area (Å²) in [4.78, 5) is 16.4. The van der Waals surface area contributed by atoms with Crippen LogP contribution in [0.2, 0.25) is 0 Å². The first-order valence-electron chi connectivity index (χ1n) is 11.3. The maximum Gasteiger partial charge on any atom is 0.238 e. The predicted octanol–water partition coefficient (Wildman–Crippen LogP) is 5.94. The summed E-state index contributed by atoms with van der Waals surface area (Å²) in [7, 11) is 0. The second-order valence-electron chi connectivity index (χ2n) is 12.6. The Morgan fingerprint density at radius 3 is 1.54 bits per heavy atom. The number of nitrogens with zero attached hydrogens (tertiary/aromatic N) is 1. The zero-order valence-electron chi connectivity index (χ0n) is 19.2. The maximum atomic E-state index is 14.2. The van der Waals surface area contributed by atoms with Crippen LogP contribution >= 0.6 is 15.9 Å². The van der Waals surface area contributed by atoms with E-state index in [0.717, 1.165) is 17.8 Å². The van der Waals surface area contributed by atoms with Gasteiger partial charge in [-0.2, -0.15) is 0 Å². The topological polar surface area (TPSA) is 29.5 Å². The minimum Gasteiger partial charge on any atom is -0.365 e. The SMILES string of the molecule is CC1(C)OC(C)(C)C(C)(C)N(C(=O)[C@@H](Br)C23CC4CC(CC(C4)C2)C3)C1(C)C. The highest BCUT2D eigenvalue weighted by atomic mass is 79.9. The van der Waals surface area contributed by atoms with Gasteiger partial charge in [0.1, 0.15) is 0 Å². The van der Waals surface area contributed by atoms with E-state index in [1.54, 1.807) is 0 Å². The number of morpholine rings is 1. The van der Waals surface area contributed by atoms with Gasteiger partial charge in [0.25, 0.3) is 0 Å². The van der Waals surface area contributed by atoms with Crippen molar-refractivity contribution >= 4 is 21.8 Å². The number of halogens is 1. The zero-order valence-corrected chi connectivity index (χ0v) is 20.8. The molecule has 28 heavy (non-hydrogen) atoms. The molecule has 3 nitrogen and oxygen atoms in total. The summed E-state index contributed by atoms with van der Waals surface area (Å²) in [5, 5.41) is 0. The highest BCUT2D eigenvalue weighted by Crippen LogP contribution is 2.63. The van der Waals surface area contributed by atoms with Crippen LogP contribution in [-0.4, -0.2) is 37.9 Å². The molecule has 0 N–H and O–H groups in total. The van der Waals surface area contributed by atoms with Gasteiger partial charge in [0.05, 0.1) is 27.1 Å². The Labute approximate surface area is 180 Å². The Balaban J connectivity index is 1.71. The number of ether oxygens (including phenoxy) is 1. The third kappa shape index (κ3) is 2.72. The Kier molecular flexibility index (Phi) is 4.53. The molecule has 1 aliphatic heterocycles. The van der Waals surface area contributed by atoms with Crippen molar-refractivity contribution in [3.8, 4) is 0 Å². The van der Waals surface area contributed by atoms with Gasteiger partial charge in [0, 0.05) is 0 Å². The van der Waals surface area contributed by atoms with E-state index < -0.39 is 22.3 Å². The quantitative estimate of drug-likeness (QED) is 0.484. The molecule has 5 aliphatic rings. The predicted molar refractivity (Wildman–Crippen MR) is 118 cm³/mol. The van der Waals surface area contributed by atoms with Crippen LogP contribution in [0.1, 0.15) is 93.9 Å². The van der Waals surface area contributed by atoms with Crippen LogP contribution in [-0.2, 0) is 9.53 Å². The van der Waals surface area contributed by atoms with E-state index in [9.17, 15) is 4.79 Å².